The molecule has 0 saturated heterocycles. The van der Waals surface area contributed by atoms with Crippen LogP contribution in [-0.2, 0) is 0 Å². The second-order valence-corrected chi connectivity index (χ2v) is 4.40. The normalized spacial score (nSPS) is 11.0. The van der Waals surface area contributed by atoms with Crippen LogP contribution in [0.3, 0.4) is 0 Å². The average molecular weight is 313 g/mol. The molecule has 1 aromatic heterocycles. The zero-order valence-corrected chi connectivity index (χ0v) is 11.3. The predicted molar refractivity (Wildman–Crippen MR) is 76.5 cm³/mol. The van der Waals surface area contributed by atoms with E-state index in [9.17, 15) is 13.2 Å². The van der Waals surface area contributed by atoms with Gasteiger partial charge < -0.3 is 15.8 Å². The van der Waals surface area contributed by atoms with Gasteiger partial charge in [0.15, 0.2) is 0 Å². The van der Waals surface area contributed by atoms with Crippen molar-refractivity contribution in [3.8, 4) is 5.75 Å². The van der Waals surface area contributed by atoms with Crippen LogP contribution in [0.1, 0.15) is 5.56 Å². The third kappa shape index (κ3) is 4.32. The van der Waals surface area contributed by atoms with Crippen molar-refractivity contribution in [2.24, 2.45) is 5.73 Å². The second kappa shape index (κ2) is 5.96. The van der Waals surface area contributed by atoms with Crippen molar-refractivity contribution in [3.63, 3.8) is 0 Å². The third-order valence-electron chi connectivity index (χ3n) is 2.40. The Balaban J connectivity index is 2.25. The Kier molecular flexibility index (Phi) is 4.27. The van der Waals surface area contributed by atoms with E-state index in [0.717, 1.165) is 0 Å². The first-order valence-electron chi connectivity index (χ1n) is 5.73. The third-order valence-corrected chi connectivity index (χ3v) is 2.62. The number of rotatable bonds is 4. The van der Waals surface area contributed by atoms with Crippen molar-refractivity contribution in [1.82, 2.24) is 4.98 Å². The summed E-state index contributed by atoms with van der Waals surface area (Å²) in [6, 6.07) is 8.71. The zero-order valence-electron chi connectivity index (χ0n) is 10.5. The number of pyridine rings is 1. The van der Waals surface area contributed by atoms with Crippen LogP contribution in [0.2, 0.25) is 0 Å². The Morgan fingerprint density at radius 2 is 2.00 bits per heavy atom. The molecule has 0 radical (unpaired) electrons. The van der Waals surface area contributed by atoms with Crippen molar-refractivity contribution in [1.29, 1.82) is 0 Å². The molecule has 0 fully saturated rings. The lowest BCUT2D eigenvalue weighted by molar-refractivity contribution is -0.274. The van der Waals surface area contributed by atoms with Crippen molar-refractivity contribution in [2.45, 2.75) is 6.36 Å². The van der Waals surface area contributed by atoms with Crippen LogP contribution >= 0.6 is 12.2 Å². The topological polar surface area (TPSA) is 60.2 Å². The standard InChI is InChI=1S/C13H10F3N3OS/c14-13(15,16)20-9-4-1-3-8(7-9)19-12-10(11(17)21)5-2-6-18-12/h1-7H,(H2,17,21)(H,18,19). The summed E-state index contributed by atoms with van der Waals surface area (Å²) in [7, 11) is 0. The van der Waals surface area contributed by atoms with Gasteiger partial charge in [-0.2, -0.15) is 0 Å². The minimum absolute atomic E-state index is 0.133. The van der Waals surface area contributed by atoms with Crippen LogP contribution in [0, 0.1) is 0 Å². The van der Waals surface area contributed by atoms with Crippen molar-refractivity contribution < 1.29 is 17.9 Å². The summed E-state index contributed by atoms with van der Waals surface area (Å²) in [6.45, 7) is 0. The van der Waals surface area contributed by atoms with E-state index in [1.54, 1.807) is 18.2 Å². The molecular weight excluding hydrogens is 303 g/mol. The van der Waals surface area contributed by atoms with Crippen molar-refractivity contribution >= 4 is 28.7 Å². The number of anilines is 2. The summed E-state index contributed by atoms with van der Waals surface area (Å²) in [5.74, 6) is 0.0227. The van der Waals surface area contributed by atoms with Gasteiger partial charge >= 0.3 is 6.36 Å². The van der Waals surface area contributed by atoms with Crippen molar-refractivity contribution in [3.05, 3.63) is 48.2 Å². The molecule has 4 nitrogen and oxygen atoms in total. The summed E-state index contributed by atoms with van der Waals surface area (Å²) in [5.41, 5.74) is 6.42. The quantitative estimate of drug-likeness (QED) is 0.848. The number of ether oxygens (including phenoxy) is 1. The van der Waals surface area contributed by atoms with E-state index in [0.29, 0.717) is 17.1 Å². The van der Waals surface area contributed by atoms with E-state index < -0.39 is 6.36 Å². The molecule has 110 valence electrons. The summed E-state index contributed by atoms with van der Waals surface area (Å²) >= 11 is 4.89. The van der Waals surface area contributed by atoms with Crippen molar-refractivity contribution in [2.75, 3.05) is 5.32 Å². The van der Waals surface area contributed by atoms with Crippen LogP contribution in [0.4, 0.5) is 24.7 Å². The fourth-order valence-electron chi connectivity index (χ4n) is 1.61. The van der Waals surface area contributed by atoms with Gasteiger partial charge in [-0.1, -0.05) is 18.3 Å². The van der Waals surface area contributed by atoms with Gasteiger partial charge in [0.2, 0.25) is 0 Å². The maximum atomic E-state index is 12.2. The first-order chi connectivity index (χ1) is 9.85. The minimum atomic E-state index is -4.74. The molecule has 0 spiro atoms. The summed E-state index contributed by atoms with van der Waals surface area (Å²) in [4.78, 5) is 4.19. The number of nitrogens with one attached hydrogen (secondary N) is 1. The highest BCUT2D eigenvalue weighted by atomic mass is 32.1. The molecule has 1 aromatic carbocycles. The molecule has 8 heteroatoms. The van der Waals surface area contributed by atoms with E-state index in [-0.39, 0.29) is 10.7 Å². The zero-order chi connectivity index (χ0) is 15.5. The van der Waals surface area contributed by atoms with E-state index in [1.165, 1.54) is 24.4 Å². The Morgan fingerprint density at radius 3 is 2.67 bits per heavy atom. The van der Waals surface area contributed by atoms with Gasteiger partial charge in [0.25, 0.3) is 0 Å². The van der Waals surface area contributed by atoms with Crippen LogP contribution in [0.5, 0.6) is 5.75 Å². The number of aromatic nitrogens is 1. The number of alkyl halides is 3. The Labute approximate surface area is 123 Å². The summed E-state index contributed by atoms with van der Waals surface area (Å²) in [6.07, 6.45) is -3.23. The van der Waals surface area contributed by atoms with E-state index in [2.05, 4.69) is 15.0 Å². The highest BCUT2D eigenvalue weighted by Crippen LogP contribution is 2.26. The van der Waals surface area contributed by atoms with E-state index >= 15 is 0 Å². The molecule has 0 amide bonds. The van der Waals surface area contributed by atoms with E-state index in [1.807, 2.05) is 0 Å². The fourth-order valence-corrected chi connectivity index (χ4v) is 1.78. The van der Waals surface area contributed by atoms with Gasteiger partial charge in [0, 0.05) is 18.0 Å². The van der Waals surface area contributed by atoms with Gasteiger partial charge in [-0.05, 0) is 24.3 Å². The minimum Gasteiger partial charge on any atom is -0.406 e. The number of hydrogen-bond acceptors (Lipinski definition) is 4. The molecule has 1 heterocycles. The molecule has 0 aliphatic carbocycles. The first kappa shape index (κ1) is 15.0. The number of hydrogen-bond donors (Lipinski definition) is 2. The van der Waals surface area contributed by atoms with Crippen LogP contribution in [0.25, 0.3) is 0 Å². The van der Waals surface area contributed by atoms with Crippen LogP contribution in [-0.4, -0.2) is 16.3 Å². The van der Waals surface area contributed by atoms with Gasteiger partial charge in [0.1, 0.15) is 16.6 Å². The van der Waals surface area contributed by atoms with Gasteiger partial charge in [-0.25, -0.2) is 4.98 Å². The maximum Gasteiger partial charge on any atom is 0.573 e. The number of benzene rings is 1. The first-order valence-corrected chi connectivity index (χ1v) is 6.13. The summed E-state index contributed by atoms with van der Waals surface area (Å²) < 4.78 is 40.4. The second-order valence-electron chi connectivity index (χ2n) is 3.96. The molecule has 0 saturated carbocycles. The highest BCUT2D eigenvalue weighted by Gasteiger charge is 2.31. The molecule has 0 atom stereocenters. The SMILES string of the molecule is NC(=S)c1cccnc1Nc1cccc(OC(F)(F)F)c1. The smallest absolute Gasteiger partial charge is 0.406 e. The molecule has 0 aliphatic heterocycles. The Hall–Kier alpha value is -2.35. The largest absolute Gasteiger partial charge is 0.573 e. The molecule has 0 bridgehead atoms. The summed E-state index contributed by atoms with van der Waals surface area (Å²) in [5, 5.41) is 2.85. The van der Waals surface area contributed by atoms with Gasteiger partial charge in [-0.3, -0.25) is 0 Å². The average Bonchev–Trinajstić information content (AvgIpc) is 2.37. The van der Waals surface area contributed by atoms with Crippen LogP contribution < -0.4 is 15.8 Å². The molecule has 2 rings (SSSR count). The molecule has 2 aromatic rings. The van der Waals surface area contributed by atoms with Gasteiger partial charge in [0.05, 0.1) is 5.56 Å². The number of nitrogens with zero attached hydrogens (tertiary/aromatic N) is 1. The number of thiocarbonyl (C=S) groups is 1. The monoisotopic (exact) mass is 313 g/mol. The number of nitrogens with two attached hydrogens (primary N) is 1. The lowest BCUT2D eigenvalue weighted by Crippen LogP contribution is -2.17. The lowest BCUT2D eigenvalue weighted by Gasteiger charge is -2.12. The molecule has 0 unspecified atom stereocenters. The highest BCUT2D eigenvalue weighted by molar-refractivity contribution is 7.80. The number of halogens is 3. The van der Waals surface area contributed by atoms with Gasteiger partial charge in [-0.15, -0.1) is 13.2 Å². The molecule has 0 aliphatic rings. The fraction of sp³-hybridized carbons (Fsp3) is 0.0769. The predicted octanol–water partition coefficient (Wildman–Crippen LogP) is 3.36. The maximum absolute atomic E-state index is 12.2. The molecule has 21 heavy (non-hydrogen) atoms. The Morgan fingerprint density at radius 1 is 1.24 bits per heavy atom. The lowest BCUT2D eigenvalue weighted by atomic mass is 10.2. The van der Waals surface area contributed by atoms with Crippen LogP contribution in [0.15, 0.2) is 42.6 Å². The van der Waals surface area contributed by atoms with E-state index in [4.69, 9.17) is 18.0 Å². The molecule has 3 N–H and O–H groups in total. The molecular formula is C13H10F3N3OS. The Bertz CT molecular complexity index is 661.